The maximum atomic E-state index is 11.3. The van der Waals surface area contributed by atoms with Gasteiger partial charge in [-0.15, -0.1) is 21.5 Å². The predicted octanol–water partition coefficient (Wildman–Crippen LogP) is 0.742. The highest BCUT2D eigenvalue weighted by atomic mass is 32.1. The molecule has 0 radical (unpaired) electrons. The molecule has 8 nitrogen and oxygen atoms in total. The van der Waals surface area contributed by atoms with E-state index in [0.717, 1.165) is 37.0 Å². The van der Waals surface area contributed by atoms with Crippen molar-refractivity contribution in [3.8, 4) is 0 Å². The van der Waals surface area contributed by atoms with Gasteiger partial charge in [-0.25, -0.2) is 4.99 Å². The first-order valence-corrected chi connectivity index (χ1v) is 9.68. The number of hydrogen-bond acceptors (Lipinski definition) is 5. The quantitative estimate of drug-likeness (QED) is 0.511. The zero-order valence-electron chi connectivity index (χ0n) is 15.2. The summed E-state index contributed by atoms with van der Waals surface area (Å²) in [4.78, 5) is 17.3. The van der Waals surface area contributed by atoms with E-state index in [0.29, 0.717) is 19.5 Å². The smallest absolute Gasteiger partial charge is 0.220 e. The minimum absolute atomic E-state index is 0.113. The monoisotopic (exact) mass is 375 g/mol. The van der Waals surface area contributed by atoms with Crippen molar-refractivity contribution in [2.45, 2.75) is 38.8 Å². The number of rotatable bonds is 6. The SMILES string of the molecule is Cc1nnc(CN=C(NCCc2cccs2)NC2CCC(=O)NC2)n1C. The number of hydrogen-bond donors (Lipinski definition) is 3. The molecule has 1 atom stereocenters. The van der Waals surface area contributed by atoms with Crippen LogP contribution < -0.4 is 16.0 Å². The molecule has 1 aliphatic heterocycles. The van der Waals surface area contributed by atoms with E-state index in [1.165, 1.54) is 4.88 Å². The molecule has 2 aromatic heterocycles. The van der Waals surface area contributed by atoms with Gasteiger partial charge in [-0.1, -0.05) is 6.07 Å². The van der Waals surface area contributed by atoms with E-state index in [4.69, 9.17) is 0 Å². The third-order valence-electron chi connectivity index (χ3n) is 4.41. The summed E-state index contributed by atoms with van der Waals surface area (Å²) in [5.74, 6) is 2.54. The lowest BCUT2D eigenvalue weighted by Crippen LogP contribution is -2.51. The van der Waals surface area contributed by atoms with Gasteiger partial charge in [0.2, 0.25) is 5.91 Å². The predicted molar refractivity (Wildman–Crippen MR) is 102 cm³/mol. The van der Waals surface area contributed by atoms with Crippen LogP contribution in [0.2, 0.25) is 0 Å². The fraction of sp³-hybridized carbons (Fsp3) is 0.529. The number of nitrogens with zero attached hydrogens (tertiary/aromatic N) is 4. The van der Waals surface area contributed by atoms with Crippen LogP contribution >= 0.6 is 11.3 Å². The summed E-state index contributed by atoms with van der Waals surface area (Å²) in [5, 5.41) is 20.0. The van der Waals surface area contributed by atoms with Crippen molar-refractivity contribution in [1.82, 2.24) is 30.7 Å². The summed E-state index contributed by atoms with van der Waals surface area (Å²) in [6.07, 6.45) is 2.30. The lowest BCUT2D eigenvalue weighted by molar-refractivity contribution is -0.122. The van der Waals surface area contributed by atoms with Crippen LogP contribution in [0.4, 0.5) is 0 Å². The zero-order valence-corrected chi connectivity index (χ0v) is 16.0. The largest absolute Gasteiger partial charge is 0.356 e. The first kappa shape index (κ1) is 18.4. The van der Waals surface area contributed by atoms with Crippen molar-refractivity contribution in [2.24, 2.45) is 12.0 Å². The highest BCUT2D eigenvalue weighted by Gasteiger charge is 2.19. The lowest BCUT2D eigenvalue weighted by Gasteiger charge is -2.25. The van der Waals surface area contributed by atoms with Gasteiger partial charge in [0.15, 0.2) is 11.8 Å². The highest BCUT2D eigenvalue weighted by molar-refractivity contribution is 7.09. The average molecular weight is 376 g/mol. The lowest BCUT2D eigenvalue weighted by atomic mass is 10.1. The van der Waals surface area contributed by atoms with Crippen LogP contribution in [0.15, 0.2) is 22.5 Å². The maximum Gasteiger partial charge on any atom is 0.220 e. The zero-order chi connectivity index (χ0) is 18.4. The molecule has 1 fully saturated rings. The Labute approximate surface area is 157 Å². The van der Waals surface area contributed by atoms with Gasteiger partial charge in [-0.2, -0.15) is 0 Å². The Hall–Kier alpha value is -2.42. The van der Waals surface area contributed by atoms with Gasteiger partial charge < -0.3 is 20.5 Å². The van der Waals surface area contributed by atoms with E-state index >= 15 is 0 Å². The molecule has 2 aromatic rings. The minimum Gasteiger partial charge on any atom is -0.356 e. The standard InChI is InChI=1S/C17H25N7OS/c1-12-22-23-15(24(12)2)11-20-17(18-8-7-14-4-3-9-26-14)21-13-5-6-16(25)19-10-13/h3-4,9,13H,5-8,10-11H2,1-2H3,(H,19,25)(H2,18,20,21). The van der Waals surface area contributed by atoms with Gasteiger partial charge in [0.05, 0.1) is 0 Å². The van der Waals surface area contributed by atoms with Crippen LogP contribution in [-0.4, -0.2) is 45.8 Å². The van der Waals surface area contributed by atoms with Crippen molar-refractivity contribution in [1.29, 1.82) is 0 Å². The van der Waals surface area contributed by atoms with E-state index in [9.17, 15) is 4.79 Å². The molecule has 9 heteroatoms. The van der Waals surface area contributed by atoms with Crippen LogP contribution in [0.5, 0.6) is 0 Å². The fourth-order valence-corrected chi connectivity index (χ4v) is 3.41. The summed E-state index contributed by atoms with van der Waals surface area (Å²) in [5.41, 5.74) is 0. The highest BCUT2D eigenvalue weighted by Crippen LogP contribution is 2.08. The summed E-state index contributed by atoms with van der Waals surface area (Å²) >= 11 is 1.76. The first-order valence-electron chi connectivity index (χ1n) is 8.80. The van der Waals surface area contributed by atoms with E-state index < -0.39 is 0 Å². The second-order valence-corrected chi connectivity index (χ2v) is 7.36. The number of guanidine groups is 1. The number of aromatic nitrogens is 3. The summed E-state index contributed by atoms with van der Waals surface area (Å²) in [6.45, 7) is 3.78. The molecular formula is C17H25N7OS. The van der Waals surface area contributed by atoms with Gasteiger partial charge in [0.1, 0.15) is 12.4 Å². The Balaban J connectivity index is 1.60. The van der Waals surface area contributed by atoms with Crippen LogP contribution in [-0.2, 0) is 24.8 Å². The Kier molecular flexibility index (Phi) is 6.21. The first-order chi connectivity index (χ1) is 12.6. The second-order valence-electron chi connectivity index (χ2n) is 6.33. The van der Waals surface area contributed by atoms with Crippen LogP contribution in [0, 0.1) is 6.92 Å². The van der Waals surface area contributed by atoms with Crippen LogP contribution in [0.25, 0.3) is 0 Å². The molecule has 0 spiro atoms. The Bertz CT molecular complexity index is 743. The van der Waals surface area contributed by atoms with Crippen molar-refractivity contribution in [3.63, 3.8) is 0 Å². The molecule has 1 saturated heterocycles. The van der Waals surface area contributed by atoms with E-state index in [2.05, 4.69) is 48.7 Å². The molecule has 0 aliphatic carbocycles. The number of carbonyl (C=O) groups excluding carboxylic acids is 1. The van der Waals surface area contributed by atoms with Crippen molar-refractivity contribution >= 4 is 23.2 Å². The molecule has 3 heterocycles. The van der Waals surface area contributed by atoms with Crippen LogP contribution in [0.3, 0.4) is 0 Å². The molecule has 26 heavy (non-hydrogen) atoms. The number of thiophene rings is 1. The molecule has 1 unspecified atom stereocenters. The molecule has 0 aromatic carbocycles. The van der Waals surface area contributed by atoms with E-state index in [-0.39, 0.29) is 11.9 Å². The third-order valence-corrected chi connectivity index (χ3v) is 5.35. The number of nitrogens with one attached hydrogen (secondary N) is 3. The van der Waals surface area contributed by atoms with Crippen molar-refractivity contribution in [2.75, 3.05) is 13.1 Å². The van der Waals surface area contributed by atoms with Crippen molar-refractivity contribution < 1.29 is 4.79 Å². The van der Waals surface area contributed by atoms with Gasteiger partial charge in [-0.05, 0) is 31.2 Å². The van der Waals surface area contributed by atoms with Crippen LogP contribution in [0.1, 0.15) is 29.4 Å². The Morgan fingerprint density at radius 2 is 2.38 bits per heavy atom. The number of aryl methyl sites for hydroxylation is 1. The molecule has 1 aliphatic rings. The van der Waals surface area contributed by atoms with Gasteiger partial charge >= 0.3 is 0 Å². The van der Waals surface area contributed by atoms with Crippen molar-refractivity contribution in [3.05, 3.63) is 34.0 Å². The Morgan fingerprint density at radius 3 is 3.04 bits per heavy atom. The van der Waals surface area contributed by atoms with Gasteiger partial charge in [0, 0.05) is 37.5 Å². The molecule has 0 saturated carbocycles. The van der Waals surface area contributed by atoms with Gasteiger partial charge in [0.25, 0.3) is 0 Å². The molecular weight excluding hydrogens is 350 g/mol. The summed E-state index contributed by atoms with van der Waals surface area (Å²) in [6, 6.07) is 4.38. The Morgan fingerprint density at radius 1 is 1.50 bits per heavy atom. The van der Waals surface area contributed by atoms with E-state index in [1.54, 1.807) is 11.3 Å². The fourth-order valence-electron chi connectivity index (χ4n) is 2.70. The number of carbonyl (C=O) groups is 1. The summed E-state index contributed by atoms with van der Waals surface area (Å²) < 4.78 is 1.94. The minimum atomic E-state index is 0.113. The topological polar surface area (TPSA) is 96.2 Å². The maximum absolute atomic E-state index is 11.3. The molecule has 0 bridgehead atoms. The third kappa shape index (κ3) is 5.04. The average Bonchev–Trinajstić information content (AvgIpc) is 3.26. The summed E-state index contributed by atoms with van der Waals surface area (Å²) in [7, 11) is 1.94. The second kappa shape index (κ2) is 8.79. The number of aliphatic imine (C=N–C) groups is 1. The van der Waals surface area contributed by atoms with E-state index in [1.807, 2.05) is 18.5 Å². The molecule has 3 N–H and O–H groups in total. The van der Waals surface area contributed by atoms with Gasteiger partial charge in [-0.3, -0.25) is 4.79 Å². The number of piperidine rings is 1. The normalized spacial score (nSPS) is 17.8. The number of amides is 1. The molecule has 3 rings (SSSR count). The molecule has 140 valence electrons. The molecule has 1 amide bonds.